The summed E-state index contributed by atoms with van der Waals surface area (Å²) in [6.07, 6.45) is 0.264. The lowest BCUT2D eigenvalue weighted by Crippen LogP contribution is -2.33. The molecule has 0 radical (unpaired) electrons. The van der Waals surface area contributed by atoms with Crippen LogP contribution >= 0.6 is 0 Å². The minimum absolute atomic E-state index is 0.0399. The maximum atomic E-state index is 13.1. The van der Waals surface area contributed by atoms with Gasteiger partial charge in [-0.2, -0.15) is 0 Å². The van der Waals surface area contributed by atoms with E-state index in [4.69, 9.17) is 9.84 Å². The standard InChI is InChI=1S/C13H16FNO4/c1-8(3-6-12(16)17)15-13(18)10-7-9(14)4-5-11(10)19-2/h4-5,7-8H,3,6H2,1-2H3,(H,15,18)(H,16,17). The van der Waals surface area contributed by atoms with E-state index in [9.17, 15) is 14.0 Å². The second-order valence-corrected chi connectivity index (χ2v) is 4.15. The summed E-state index contributed by atoms with van der Waals surface area (Å²) in [5.41, 5.74) is 0.0877. The van der Waals surface area contributed by atoms with Crippen molar-refractivity contribution in [2.75, 3.05) is 7.11 Å². The number of carbonyl (C=O) groups is 2. The molecule has 0 aliphatic carbocycles. The number of aliphatic carboxylic acids is 1. The summed E-state index contributed by atoms with van der Waals surface area (Å²) >= 11 is 0. The Morgan fingerprint density at radius 3 is 2.74 bits per heavy atom. The van der Waals surface area contributed by atoms with E-state index >= 15 is 0 Å². The molecule has 6 heteroatoms. The molecule has 1 unspecified atom stereocenters. The molecule has 0 fully saturated rings. The number of amides is 1. The first-order valence-corrected chi connectivity index (χ1v) is 5.80. The van der Waals surface area contributed by atoms with Crippen molar-refractivity contribution in [3.05, 3.63) is 29.6 Å². The molecule has 1 atom stereocenters. The summed E-state index contributed by atoms with van der Waals surface area (Å²) in [7, 11) is 1.39. The average molecular weight is 269 g/mol. The van der Waals surface area contributed by atoms with E-state index in [1.54, 1.807) is 6.92 Å². The Balaban J connectivity index is 2.72. The van der Waals surface area contributed by atoms with Crippen LogP contribution in [0.1, 0.15) is 30.1 Å². The Bertz CT molecular complexity index is 476. The van der Waals surface area contributed by atoms with E-state index in [2.05, 4.69) is 5.32 Å². The van der Waals surface area contributed by atoms with Crippen LogP contribution in [0.3, 0.4) is 0 Å². The number of rotatable bonds is 6. The molecule has 0 aliphatic heterocycles. The van der Waals surface area contributed by atoms with Gasteiger partial charge in [-0.25, -0.2) is 4.39 Å². The smallest absolute Gasteiger partial charge is 0.303 e. The molecule has 19 heavy (non-hydrogen) atoms. The zero-order valence-electron chi connectivity index (χ0n) is 10.8. The molecular weight excluding hydrogens is 253 g/mol. The van der Waals surface area contributed by atoms with Crippen molar-refractivity contribution in [1.82, 2.24) is 5.32 Å². The Labute approximate surface area is 110 Å². The molecule has 0 spiro atoms. The second kappa shape index (κ2) is 6.72. The van der Waals surface area contributed by atoms with E-state index in [1.807, 2.05) is 0 Å². The maximum Gasteiger partial charge on any atom is 0.303 e. The van der Waals surface area contributed by atoms with Gasteiger partial charge in [-0.3, -0.25) is 9.59 Å². The first-order valence-electron chi connectivity index (χ1n) is 5.80. The van der Waals surface area contributed by atoms with Gasteiger partial charge in [0.15, 0.2) is 0 Å². The number of carboxylic acid groups (broad SMARTS) is 1. The lowest BCUT2D eigenvalue weighted by atomic mass is 10.1. The fourth-order valence-corrected chi connectivity index (χ4v) is 1.57. The molecule has 1 aromatic carbocycles. The van der Waals surface area contributed by atoms with Gasteiger partial charge in [0.2, 0.25) is 0 Å². The summed E-state index contributed by atoms with van der Waals surface area (Å²) in [5, 5.41) is 11.2. The number of carbonyl (C=O) groups excluding carboxylic acids is 1. The van der Waals surface area contributed by atoms with Crippen LogP contribution in [0, 0.1) is 5.82 Å². The number of hydrogen-bond acceptors (Lipinski definition) is 3. The lowest BCUT2D eigenvalue weighted by Gasteiger charge is -2.14. The van der Waals surface area contributed by atoms with Gasteiger partial charge in [-0.15, -0.1) is 0 Å². The minimum atomic E-state index is -0.926. The van der Waals surface area contributed by atoms with E-state index in [1.165, 1.54) is 19.2 Å². The SMILES string of the molecule is COc1ccc(F)cc1C(=O)NC(C)CCC(=O)O. The van der Waals surface area contributed by atoms with Gasteiger partial charge in [0.25, 0.3) is 5.91 Å². The summed E-state index contributed by atoms with van der Waals surface area (Å²) in [6, 6.07) is 3.32. The molecule has 0 saturated heterocycles. The summed E-state index contributed by atoms with van der Waals surface area (Å²) < 4.78 is 18.1. The normalized spacial score (nSPS) is 11.7. The fourth-order valence-electron chi connectivity index (χ4n) is 1.57. The molecular formula is C13H16FNO4. The molecule has 104 valence electrons. The molecule has 5 nitrogen and oxygen atoms in total. The first-order chi connectivity index (χ1) is 8.93. The molecule has 1 rings (SSSR count). The maximum absolute atomic E-state index is 13.1. The van der Waals surface area contributed by atoms with Crippen LogP contribution in [0.15, 0.2) is 18.2 Å². The van der Waals surface area contributed by atoms with Crippen molar-refractivity contribution in [3.8, 4) is 5.75 Å². The van der Waals surface area contributed by atoms with Gasteiger partial charge < -0.3 is 15.2 Å². The molecule has 0 aliphatic rings. The van der Waals surface area contributed by atoms with Crippen LogP contribution in [0.2, 0.25) is 0 Å². The molecule has 0 saturated carbocycles. The minimum Gasteiger partial charge on any atom is -0.496 e. The highest BCUT2D eigenvalue weighted by Gasteiger charge is 2.16. The molecule has 0 aromatic heterocycles. The predicted molar refractivity (Wildman–Crippen MR) is 66.8 cm³/mol. The van der Waals surface area contributed by atoms with E-state index in [0.29, 0.717) is 6.42 Å². The first kappa shape index (κ1) is 14.9. The van der Waals surface area contributed by atoms with Gasteiger partial charge in [-0.05, 0) is 31.5 Å². The van der Waals surface area contributed by atoms with Gasteiger partial charge in [-0.1, -0.05) is 0 Å². The highest BCUT2D eigenvalue weighted by molar-refractivity contribution is 5.97. The van der Waals surface area contributed by atoms with Crippen LogP contribution in [0.4, 0.5) is 4.39 Å². The van der Waals surface area contributed by atoms with Crippen molar-refractivity contribution < 1.29 is 23.8 Å². The van der Waals surface area contributed by atoms with Crippen LogP contribution < -0.4 is 10.1 Å². The van der Waals surface area contributed by atoms with Crippen LogP contribution in [0.25, 0.3) is 0 Å². The Morgan fingerprint density at radius 2 is 2.16 bits per heavy atom. The van der Waals surface area contributed by atoms with Crippen LogP contribution in [-0.2, 0) is 4.79 Å². The van der Waals surface area contributed by atoms with E-state index < -0.39 is 17.7 Å². The van der Waals surface area contributed by atoms with Crippen molar-refractivity contribution in [2.24, 2.45) is 0 Å². The van der Waals surface area contributed by atoms with Crippen molar-refractivity contribution in [1.29, 1.82) is 0 Å². The number of benzene rings is 1. The van der Waals surface area contributed by atoms with Gasteiger partial charge in [0, 0.05) is 12.5 Å². The monoisotopic (exact) mass is 269 g/mol. The predicted octanol–water partition coefficient (Wildman–Crippen LogP) is 1.82. The van der Waals surface area contributed by atoms with Crippen molar-refractivity contribution >= 4 is 11.9 Å². The molecule has 0 heterocycles. The Hall–Kier alpha value is -2.11. The third-order valence-electron chi connectivity index (χ3n) is 2.57. The highest BCUT2D eigenvalue weighted by atomic mass is 19.1. The largest absolute Gasteiger partial charge is 0.496 e. The lowest BCUT2D eigenvalue weighted by molar-refractivity contribution is -0.137. The summed E-state index contributed by atoms with van der Waals surface area (Å²) in [5.74, 6) is -1.69. The summed E-state index contributed by atoms with van der Waals surface area (Å²) in [6.45, 7) is 1.69. The number of methoxy groups -OCH3 is 1. The molecule has 1 amide bonds. The van der Waals surface area contributed by atoms with Gasteiger partial charge >= 0.3 is 5.97 Å². The van der Waals surface area contributed by atoms with Crippen molar-refractivity contribution in [3.63, 3.8) is 0 Å². The molecule has 1 aromatic rings. The van der Waals surface area contributed by atoms with Crippen LogP contribution in [0.5, 0.6) is 5.75 Å². The number of carboxylic acids is 1. The zero-order chi connectivity index (χ0) is 14.4. The van der Waals surface area contributed by atoms with Crippen molar-refractivity contribution in [2.45, 2.75) is 25.8 Å². The molecule has 0 bridgehead atoms. The fraction of sp³-hybridized carbons (Fsp3) is 0.385. The van der Waals surface area contributed by atoms with Gasteiger partial charge in [0.1, 0.15) is 11.6 Å². The highest BCUT2D eigenvalue weighted by Crippen LogP contribution is 2.19. The van der Waals surface area contributed by atoms with E-state index in [0.717, 1.165) is 6.07 Å². The average Bonchev–Trinajstić information content (AvgIpc) is 2.36. The quantitative estimate of drug-likeness (QED) is 0.826. The third-order valence-corrected chi connectivity index (χ3v) is 2.57. The zero-order valence-corrected chi connectivity index (χ0v) is 10.8. The number of halogens is 1. The van der Waals surface area contributed by atoms with Crippen LogP contribution in [-0.4, -0.2) is 30.1 Å². The topological polar surface area (TPSA) is 75.6 Å². The second-order valence-electron chi connectivity index (χ2n) is 4.15. The summed E-state index contributed by atoms with van der Waals surface area (Å²) in [4.78, 5) is 22.3. The Morgan fingerprint density at radius 1 is 1.47 bits per heavy atom. The number of ether oxygens (including phenoxy) is 1. The van der Waals surface area contributed by atoms with Gasteiger partial charge in [0.05, 0.1) is 12.7 Å². The molecule has 2 N–H and O–H groups in total. The number of hydrogen-bond donors (Lipinski definition) is 2. The van der Waals surface area contributed by atoms with E-state index in [-0.39, 0.29) is 23.8 Å². The Kier molecular flexibility index (Phi) is 5.29. The number of nitrogens with one attached hydrogen (secondary N) is 1. The third kappa shape index (κ3) is 4.57.